The minimum absolute atomic E-state index is 0.106. The Morgan fingerprint density at radius 1 is 1.13 bits per heavy atom. The fourth-order valence-corrected chi connectivity index (χ4v) is 4.48. The first-order valence-corrected chi connectivity index (χ1v) is 12.0. The number of aromatic hydroxyl groups is 2. The van der Waals surface area contributed by atoms with Gasteiger partial charge < -0.3 is 35.0 Å². The number of likely N-dealkylation sites (N-methyl/N-ethyl adjacent to an activating group) is 1. The average molecular weight is 520 g/mol. The number of phenolic OH excluding ortho intramolecular Hbond substituents is 1. The molecule has 4 rings (SSSR count). The monoisotopic (exact) mass is 519 g/mol. The van der Waals surface area contributed by atoms with Gasteiger partial charge in [0.2, 0.25) is 23.0 Å². The number of hydrogen-bond acceptors (Lipinski definition) is 7. The number of methoxy groups -OCH3 is 1. The quantitative estimate of drug-likeness (QED) is 0.228. The molecular weight excluding hydrogens is 490 g/mol. The number of fused-ring (bicyclic) bond motifs is 1. The number of rotatable bonds is 9. The number of hydrogen-bond donors (Lipinski definition) is 5. The number of phenols is 1. The van der Waals surface area contributed by atoms with E-state index in [0.717, 1.165) is 22.5 Å². The molecule has 2 aromatic carbocycles. The lowest BCUT2D eigenvalue weighted by Crippen LogP contribution is -2.47. The molecule has 2 atom stereocenters. The summed E-state index contributed by atoms with van der Waals surface area (Å²) in [5, 5.41) is 26.9. The van der Waals surface area contributed by atoms with Crippen LogP contribution in [0.2, 0.25) is 0 Å². The van der Waals surface area contributed by atoms with Gasteiger partial charge in [0.1, 0.15) is 11.8 Å². The number of benzene rings is 2. The fraction of sp³-hybridized carbons (Fsp3) is 0.250. The maximum atomic E-state index is 13.3. The van der Waals surface area contributed by atoms with Gasteiger partial charge in [0, 0.05) is 43.1 Å². The first-order chi connectivity index (χ1) is 18.2. The van der Waals surface area contributed by atoms with Crippen LogP contribution in [-0.4, -0.2) is 47.2 Å². The molecule has 2 heterocycles. The topological polar surface area (TPSA) is 154 Å². The van der Waals surface area contributed by atoms with E-state index >= 15 is 0 Å². The summed E-state index contributed by atoms with van der Waals surface area (Å²) in [5.41, 5.74) is 1.57. The molecule has 0 saturated carbocycles. The number of nitrogens with one attached hydrogen (secondary N) is 3. The van der Waals surface area contributed by atoms with Crippen LogP contribution in [0.5, 0.6) is 17.2 Å². The zero-order valence-corrected chi connectivity index (χ0v) is 21.2. The highest BCUT2D eigenvalue weighted by atomic mass is 16.5. The number of aryl methyl sites for hydroxylation is 1. The van der Waals surface area contributed by atoms with Gasteiger partial charge in [0.25, 0.3) is 0 Å². The summed E-state index contributed by atoms with van der Waals surface area (Å²) in [6, 6.07) is 12.3. The van der Waals surface area contributed by atoms with Gasteiger partial charge in [0.15, 0.2) is 17.3 Å². The number of aromatic nitrogens is 1. The van der Waals surface area contributed by atoms with Crippen LogP contribution in [0.4, 0.5) is 0 Å². The average Bonchev–Trinajstić information content (AvgIpc) is 3.31. The largest absolute Gasteiger partial charge is 0.504 e. The maximum Gasteiger partial charge on any atom is 0.242 e. The van der Waals surface area contributed by atoms with E-state index in [2.05, 4.69) is 15.6 Å². The Labute approximate surface area is 218 Å². The number of para-hydroxylation sites is 1. The van der Waals surface area contributed by atoms with Crippen LogP contribution in [0.3, 0.4) is 0 Å². The predicted molar refractivity (Wildman–Crippen MR) is 140 cm³/mol. The third-order valence-electron chi connectivity index (χ3n) is 6.38. The number of carbonyl (C=O) groups excluding carboxylic acids is 2. The van der Waals surface area contributed by atoms with Crippen molar-refractivity contribution in [3.8, 4) is 17.2 Å². The van der Waals surface area contributed by atoms with E-state index in [-0.39, 0.29) is 41.8 Å². The molecule has 2 amide bonds. The first kappa shape index (κ1) is 26.3. The highest BCUT2D eigenvalue weighted by Gasteiger charge is 2.29. The molecule has 5 N–H and O–H groups in total. The summed E-state index contributed by atoms with van der Waals surface area (Å²) in [7, 11) is 2.87. The zero-order valence-electron chi connectivity index (χ0n) is 21.2. The van der Waals surface area contributed by atoms with Gasteiger partial charge in [-0.05, 0) is 36.2 Å². The third kappa shape index (κ3) is 5.49. The Hall–Kier alpha value is -4.73. The molecule has 10 heteroatoms. The van der Waals surface area contributed by atoms with Gasteiger partial charge in [-0.25, -0.2) is 0 Å². The van der Waals surface area contributed by atoms with Crippen molar-refractivity contribution in [1.82, 2.24) is 15.6 Å². The highest BCUT2D eigenvalue weighted by Crippen LogP contribution is 2.37. The van der Waals surface area contributed by atoms with Crippen LogP contribution < -0.4 is 20.8 Å². The summed E-state index contributed by atoms with van der Waals surface area (Å²) < 4.78 is 10.9. The van der Waals surface area contributed by atoms with Gasteiger partial charge in [-0.3, -0.25) is 14.4 Å². The standard InChI is InChI=1S/C28H29N3O7/c1-15-10-23(33)26(35)27(38-15)19(16-8-9-22(32)24(12-16)37-3)13-25(34)31-21(28(36)29-2)11-17-14-30-20-7-5-4-6-18(17)20/h4-10,12,14,19,21,30,32,35H,11,13H2,1-3H3,(H,29,36)(H,31,34)/t19?,21-/m1/s1. The molecule has 0 spiro atoms. The van der Waals surface area contributed by atoms with Crippen molar-refractivity contribution in [3.05, 3.63) is 87.6 Å². The molecule has 0 aliphatic heterocycles. The van der Waals surface area contributed by atoms with E-state index in [9.17, 15) is 24.6 Å². The Morgan fingerprint density at radius 2 is 1.89 bits per heavy atom. The van der Waals surface area contributed by atoms with Crippen LogP contribution in [-0.2, 0) is 16.0 Å². The smallest absolute Gasteiger partial charge is 0.242 e. The van der Waals surface area contributed by atoms with Crippen molar-refractivity contribution in [2.75, 3.05) is 14.2 Å². The molecule has 0 aliphatic rings. The maximum absolute atomic E-state index is 13.3. The molecule has 4 aromatic rings. The van der Waals surface area contributed by atoms with Crippen LogP contribution in [0, 0.1) is 6.92 Å². The van der Waals surface area contributed by atoms with Gasteiger partial charge in [-0.15, -0.1) is 0 Å². The van der Waals surface area contributed by atoms with Crippen LogP contribution in [0.15, 0.2) is 63.9 Å². The second kappa shape index (κ2) is 11.1. The molecule has 0 aliphatic carbocycles. The SMILES string of the molecule is CNC(=O)[C@@H](Cc1c[nH]c2ccccc12)NC(=O)CC(c1ccc(O)c(OC)c1)c1oc(C)cc(=O)c1O. The number of ether oxygens (including phenoxy) is 1. The summed E-state index contributed by atoms with van der Waals surface area (Å²) in [6.07, 6.45) is 1.77. The predicted octanol–water partition coefficient (Wildman–Crippen LogP) is 2.84. The van der Waals surface area contributed by atoms with Crippen molar-refractivity contribution in [3.63, 3.8) is 0 Å². The summed E-state index contributed by atoms with van der Waals surface area (Å²) >= 11 is 0. The summed E-state index contributed by atoms with van der Waals surface area (Å²) in [5.74, 6) is -2.27. The molecule has 1 unspecified atom stereocenters. The van der Waals surface area contributed by atoms with Crippen molar-refractivity contribution in [1.29, 1.82) is 0 Å². The zero-order chi connectivity index (χ0) is 27.4. The minimum atomic E-state index is -0.921. The fourth-order valence-electron chi connectivity index (χ4n) is 4.48. The van der Waals surface area contributed by atoms with Crippen molar-refractivity contribution in [2.24, 2.45) is 0 Å². The number of amides is 2. The third-order valence-corrected chi connectivity index (χ3v) is 6.38. The molecule has 198 valence electrons. The number of carbonyl (C=O) groups is 2. The molecule has 38 heavy (non-hydrogen) atoms. The first-order valence-electron chi connectivity index (χ1n) is 12.0. The van der Waals surface area contributed by atoms with Crippen LogP contribution in [0.1, 0.15) is 35.0 Å². The molecule has 0 saturated heterocycles. The number of H-pyrrole nitrogens is 1. The van der Waals surface area contributed by atoms with E-state index in [1.54, 1.807) is 19.2 Å². The van der Waals surface area contributed by atoms with Gasteiger partial charge >= 0.3 is 0 Å². The molecule has 10 nitrogen and oxygen atoms in total. The normalized spacial score (nSPS) is 12.6. The van der Waals surface area contributed by atoms with Crippen molar-refractivity contribution in [2.45, 2.75) is 31.7 Å². The van der Waals surface area contributed by atoms with Gasteiger partial charge in [0.05, 0.1) is 13.0 Å². The van der Waals surface area contributed by atoms with E-state index in [1.807, 2.05) is 24.3 Å². The van der Waals surface area contributed by atoms with Crippen LogP contribution >= 0.6 is 0 Å². The molecular formula is C28H29N3O7. The minimum Gasteiger partial charge on any atom is -0.504 e. The van der Waals surface area contributed by atoms with Gasteiger partial charge in [-0.2, -0.15) is 0 Å². The van der Waals surface area contributed by atoms with E-state index in [0.29, 0.717) is 5.56 Å². The molecule has 2 aromatic heterocycles. The second-order valence-corrected chi connectivity index (χ2v) is 8.92. The highest BCUT2D eigenvalue weighted by molar-refractivity contribution is 5.89. The lowest BCUT2D eigenvalue weighted by Gasteiger charge is -2.21. The van der Waals surface area contributed by atoms with E-state index in [4.69, 9.17) is 9.15 Å². The lowest BCUT2D eigenvalue weighted by atomic mass is 9.91. The number of aromatic amines is 1. The molecule has 0 fully saturated rings. The van der Waals surface area contributed by atoms with Crippen molar-refractivity contribution < 1.29 is 29.0 Å². The Kier molecular flexibility index (Phi) is 7.71. The Bertz CT molecular complexity index is 1540. The van der Waals surface area contributed by atoms with E-state index in [1.165, 1.54) is 26.3 Å². The molecule has 0 bridgehead atoms. The summed E-state index contributed by atoms with van der Waals surface area (Å²) in [4.78, 5) is 41.5. The van der Waals surface area contributed by atoms with Gasteiger partial charge in [-0.1, -0.05) is 24.3 Å². The van der Waals surface area contributed by atoms with E-state index < -0.39 is 29.0 Å². The second-order valence-electron chi connectivity index (χ2n) is 8.92. The Morgan fingerprint density at radius 3 is 2.63 bits per heavy atom. The molecule has 0 radical (unpaired) electrons. The Balaban J connectivity index is 1.66. The lowest BCUT2D eigenvalue weighted by molar-refractivity contribution is -0.128. The van der Waals surface area contributed by atoms with Crippen molar-refractivity contribution >= 4 is 22.7 Å². The summed E-state index contributed by atoms with van der Waals surface area (Å²) in [6.45, 7) is 1.56. The van der Waals surface area contributed by atoms with Crippen LogP contribution in [0.25, 0.3) is 10.9 Å².